The van der Waals surface area contributed by atoms with E-state index in [1.54, 1.807) is 74.4 Å². The fraction of sp³-hybridized carbons (Fsp3) is 0.435. The second kappa shape index (κ2) is 22.7. The summed E-state index contributed by atoms with van der Waals surface area (Å²) in [6, 6.07) is 24.6. The third-order valence-electron chi connectivity index (χ3n) is 10.3. The molecule has 0 radical (unpaired) electrons. The fourth-order valence-electron chi connectivity index (χ4n) is 7.10. The maximum absolute atomic E-state index is 13.5. The Labute approximate surface area is 358 Å². The summed E-state index contributed by atoms with van der Waals surface area (Å²) in [4.78, 5) is 29.6. The van der Waals surface area contributed by atoms with Gasteiger partial charge in [-0.25, -0.2) is 0 Å². The molecule has 0 aliphatic rings. The van der Waals surface area contributed by atoms with Gasteiger partial charge in [0.1, 0.15) is 0 Å². The van der Waals surface area contributed by atoms with Crippen LogP contribution in [0.15, 0.2) is 97.1 Å². The number of nitrogens with zero attached hydrogens (tertiary/aromatic N) is 2. The monoisotopic (exact) mass is 880 g/mol. The smallest absolute Gasteiger partial charge is 0.416 e. The van der Waals surface area contributed by atoms with Gasteiger partial charge in [-0.2, -0.15) is 26.3 Å². The molecule has 0 N–H and O–H groups in total. The molecule has 0 saturated heterocycles. The number of ether oxygens (including phenoxy) is 2. The van der Waals surface area contributed by atoms with Crippen LogP contribution in [0.2, 0.25) is 10.0 Å². The molecular formula is C46H52Cl2F6N2O4. The lowest BCUT2D eigenvalue weighted by atomic mass is 9.88. The normalized spacial score (nSPS) is 14.2. The molecule has 4 rings (SSSR count). The van der Waals surface area contributed by atoms with E-state index < -0.39 is 47.9 Å². The molecule has 4 aromatic rings. The highest BCUT2D eigenvalue weighted by molar-refractivity contribution is 6.31. The standard InChI is InChI=1S/C46H52Cl2F6N2O4/c1-55(2)41(29-33(37-19-9-11-21-39(37)47)25-31-15-13-17-35(27-31)45(49,50)51)59-43(57)23-7-5-6-8-24-44(58)60-42(56(3)4)30-34(38-20-10-12-22-40(38)48)26-32-16-14-18-36(28-32)46(52,53)54/h9-22,27-28,33-34,41-42H,5-8,23-26,29-30H2,1-4H3. The van der Waals surface area contributed by atoms with Gasteiger partial charge in [-0.15, -0.1) is 0 Å². The van der Waals surface area contributed by atoms with Gasteiger partial charge >= 0.3 is 24.3 Å². The summed E-state index contributed by atoms with van der Waals surface area (Å²) in [5.74, 6) is -1.55. The van der Waals surface area contributed by atoms with Crippen molar-refractivity contribution in [1.29, 1.82) is 0 Å². The highest BCUT2D eigenvalue weighted by Crippen LogP contribution is 2.37. The van der Waals surface area contributed by atoms with Crippen molar-refractivity contribution in [3.63, 3.8) is 0 Å². The van der Waals surface area contributed by atoms with E-state index in [0.29, 0.717) is 59.7 Å². The number of unbranched alkanes of at least 4 members (excludes halogenated alkanes) is 3. The predicted molar refractivity (Wildman–Crippen MR) is 223 cm³/mol. The van der Waals surface area contributed by atoms with Crippen molar-refractivity contribution in [2.45, 2.75) is 101 Å². The number of hydrogen-bond acceptors (Lipinski definition) is 6. The number of carbonyl (C=O) groups is 2. The van der Waals surface area contributed by atoms with E-state index in [4.69, 9.17) is 32.7 Å². The maximum Gasteiger partial charge on any atom is 0.416 e. The number of rotatable bonds is 21. The van der Waals surface area contributed by atoms with E-state index in [9.17, 15) is 35.9 Å². The summed E-state index contributed by atoms with van der Waals surface area (Å²) < 4.78 is 92.7. The Morgan fingerprint density at radius 1 is 0.550 bits per heavy atom. The summed E-state index contributed by atoms with van der Waals surface area (Å²) in [5, 5.41) is 0.935. The minimum Gasteiger partial charge on any atom is -0.446 e. The van der Waals surface area contributed by atoms with Crippen LogP contribution >= 0.6 is 23.2 Å². The molecule has 6 nitrogen and oxygen atoms in total. The molecule has 0 heterocycles. The minimum atomic E-state index is -4.48. The molecule has 4 unspecified atom stereocenters. The largest absolute Gasteiger partial charge is 0.446 e. The molecule has 4 atom stereocenters. The zero-order valence-corrected chi connectivity index (χ0v) is 35.7. The van der Waals surface area contributed by atoms with Crippen LogP contribution in [-0.4, -0.2) is 62.4 Å². The molecule has 0 aliphatic heterocycles. The Morgan fingerprint density at radius 2 is 0.917 bits per heavy atom. The van der Waals surface area contributed by atoms with E-state index in [-0.39, 0.29) is 37.5 Å². The summed E-state index contributed by atoms with van der Waals surface area (Å²) in [6.07, 6.45) is -6.65. The number of esters is 2. The SMILES string of the molecule is CN(C)C(CC(Cc1cccc(C(F)(F)F)c1)c1ccccc1Cl)OC(=O)CCCCCCC(=O)OC(CC(Cc1cccc(C(F)(F)F)c1)c1ccccc1Cl)N(C)C. The van der Waals surface area contributed by atoms with E-state index in [1.165, 1.54) is 12.1 Å². The highest BCUT2D eigenvalue weighted by atomic mass is 35.5. The van der Waals surface area contributed by atoms with Crippen LogP contribution < -0.4 is 0 Å². The first-order chi connectivity index (χ1) is 28.3. The van der Waals surface area contributed by atoms with Gasteiger partial charge in [-0.3, -0.25) is 19.4 Å². The first-order valence-electron chi connectivity index (χ1n) is 19.8. The first kappa shape index (κ1) is 48.6. The Hall–Kier alpha value is -4.10. The second-order valence-electron chi connectivity index (χ2n) is 15.4. The molecule has 0 bridgehead atoms. The van der Waals surface area contributed by atoms with E-state index >= 15 is 0 Å². The molecule has 14 heteroatoms. The van der Waals surface area contributed by atoms with Crippen molar-refractivity contribution in [1.82, 2.24) is 9.80 Å². The van der Waals surface area contributed by atoms with Gasteiger partial charge in [0, 0.05) is 35.7 Å². The lowest BCUT2D eigenvalue weighted by Crippen LogP contribution is -2.35. The van der Waals surface area contributed by atoms with Crippen LogP contribution in [0.5, 0.6) is 0 Å². The van der Waals surface area contributed by atoms with Gasteiger partial charge in [-0.1, -0.05) is 109 Å². The molecule has 60 heavy (non-hydrogen) atoms. The van der Waals surface area contributed by atoms with Crippen LogP contribution in [0.1, 0.15) is 96.6 Å². The van der Waals surface area contributed by atoms with Crippen molar-refractivity contribution in [3.05, 3.63) is 140 Å². The van der Waals surface area contributed by atoms with Crippen LogP contribution in [0.25, 0.3) is 0 Å². The molecule has 0 fully saturated rings. The Morgan fingerprint density at radius 3 is 1.25 bits per heavy atom. The van der Waals surface area contributed by atoms with Gasteiger partial charge in [0.15, 0.2) is 12.5 Å². The molecule has 0 aliphatic carbocycles. The first-order valence-corrected chi connectivity index (χ1v) is 20.6. The average molecular weight is 882 g/mol. The summed E-state index contributed by atoms with van der Waals surface area (Å²) in [7, 11) is 7.05. The lowest BCUT2D eigenvalue weighted by molar-refractivity contribution is -0.159. The van der Waals surface area contributed by atoms with Crippen molar-refractivity contribution >= 4 is 35.1 Å². The number of halogens is 8. The quantitative estimate of drug-likeness (QED) is 0.0360. The number of alkyl halides is 6. The van der Waals surface area contributed by atoms with Crippen LogP contribution in [0, 0.1) is 0 Å². The van der Waals surface area contributed by atoms with Crippen LogP contribution in [-0.2, 0) is 44.3 Å². The van der Waals surface area contributed by atoms with Gasteiger partial charge in [0.2, 0.25) is 0 Å². The van der Waals surface area contributed by atoms with Gasteiger partial charge in [0.05, 0.1) is 11.1 Å². The van der Waals surface area contributed by atoms with Gasteiger partial charge in [0.25, 0.3) is 0 Å². The highest BCUT2D eigenvalue weighted by Gasteiger charge is 2.33. The van der Waals surface area contributed by atoms with Crippen molar-refractivity contribution in [2.24, 2.45) is 0 Å². The minimum absolute atomic E-state index is 0.136. The van der Waals surface area contributed by atoms with Crippen LogP contribution in [0.4, 0.5) is 26.3 Å². The molecule has 0 amide bonds. The Bertz CT molecular complexity index is 1850. The molecule has 0 saturated carbocycles. The van der Waals surface area contributed by atoms with Crippen molar-refractivity contribution < 1.29 is 45.4 Å². The Kier molecular flexibility index (Phi) is 18.3. The molecule has 0 spiro atoms. The molecule has 326 valence electrons. The van der Waals surface area contributed by atoms with Crippen LogP contribution in [0.3, 0.4) is 0 Å². The summed E-state index contributed by atoms with van der Waals surface area (Å²) in [5.41, 5.74) is 0.966. The van der Waals surface area contributed by atoms with E-state index in [0.717, 1.165) is 35.4 Å². The fourth-order valence-corrected chi connectivity index (χ4v) is 7.68. The summed E-state index contributed by atoms with van der Waals surface area (Å²) >= 11 is 13.1. The zero-order chi connectivity index (χ0) is 44.0. The third kappa shape index (κ3) is 15.4. The molecular weight excluding hydrogens is 829 g/mol. The van der Waals surface area contributed by atoms with Gasteiger partial charge < -0.3 is 9.47 Å². The third-order valence-corrected chi connectivity index (χ3v) is 11.0. The number of carbonyl (C=O) groups excluding carboxylic acids is 2. The van der Waals surface area contributed by atoms with E-state index in [1.807, 2.05) is 24.3 Å². The van der Waals surface area contributed by atoms with Gasteiger partial charge in [-0.05, 0) is 112 Å². The topological polar surface area (TPSA) is 59.1 Å². The number of hydrogen-bond donors (Lipinski definition) is 0. The predicted octanol–water partition coefficient (Wildman–Crippen LogP) is 12.4. The number of benzene rings is 4. The maximum atomic E-state index is 13.5. The lowest BCUT2D eigenvalue weighted by Gasteiger charge is -2.29. The Balaban J connectivity index is 1.28. The zero-order valence-electron chi connectivity index (χ0n) is 34.2. The summed E-state index contributed by atoms with van der Waals surface area (Å²) in [6.45, 7) is 0. The molecule has 4 aromatic carbocycles. The second-order valence-corrected chi connectivity index (χ2v) is 16.3. The molecule has 0 aromatic heterocycles. The van der Waals surface area contributed by atoms with E-state index in [2.05, 4.69) is 0 Å². The average Bonchev–Trinajstić information content (AvgIpc) is 3.18. The van der Waals surface area contributed by atoms with Crippen molar-refractivity contribution in [2.75, 3.05) is 28.2 Å². The van der Waals surface area contributed by atoms with Crippen molar-refractivity contribution in [3.8, 4) is 0 Å².